The molecule has 0 unspecified atom stereocenters. The van der Waals surface area contributed by atoms with Gasteiger partial charge in [-0.05, 0) is 43.7 Å². The number of hydrogen-bond donors (Lipinski definition) is 1. The minimum absolute atomic E-state index is 0.215. The molecule has 0 saturated heterocycles. The van der Waals surface area contributed by atoms with Crippen LogP contribution in [0.2, 0.25) is 0 Å². The van der Waals surface area contributed by atoms with E-state index in [2.05, 4.69) is 37.4 Å². The van der Waals surface area contributed by atoms with Crippen LogP contribution in [-0.2, 0) is 11.3 Å². The second-order valence-electron chi connectivity index (χ2n) is 5.91. The number of nitrogens with one attached hydrogen (secondary N) is 1. The van der Waals surface area contributed by atoms with Gasteiger partial charge in [0.25, 0.3) is 0 Å². The van der Waals surface area contributed by atoms with Crippen LogP contribution in [0.1, 0.15) is 55.2 Å². The Morgan fingerprint density at radius 3 is 2.63 bits per heavy atom. The largest absolute Gasteiger partial charge is 0.352 e. The third-order valence-electron chi connectivity index (χ3n) is 4.17. The Labute approximate surface area is 116 Å². The van der Waals surface area contributed by atoms with Crippen molar-refractivity contribution in [2.75, 3.05) is 0 Å². The summed E-state index contributed by atoms with van der Waals surface area (Å²) in [5, 5.41) is 3.07. The van der Waals surface area contributed by atoms with Crippen LogP contribution in [-0.4, -0.2) is 5.91 Å². The van der Waals surface area contributed by atoms with Crippen molar-refractivity contribution in [3.8, 4) is 0 Å². The predicted molar refractivity (Wildman–Crippen MR) is 79.0 cm³/mol. The van der Waals surface area contributed by atoms with Gasteiger partial charge in [0.05, 0.1) is 0 Å². The van der Waals surface area contributed by atoms with E-state index in [0.29, 0.717) is 18.9 Å². The Morgan fingerprint density at radius 2 is 1.95 bits per heavy atom. The van der Waals surface area contributed by atoms with E-state index in [9.17, 15) is 4.79 Å². The van der Waals surface area contributed by atoms with Crippen molar-refractivity contribution in [1.82, 2.24) is 5.32 Å². The van der Waals surface area contributed by atoms with E-state index in [1.165, 1.54) is 48.8 Å². The van der Waals surface area contributed by atoms with Crippen molar-refractivity contribution in [3.05, 3.63) is 34.9 Å². The highest BCUT2D eigenvalue weighted by Crippen LogP contribution is 2.26. The standard InChI is InChI=1S/C17H25NO/c1-13-8-9-16(14(2)10-13)12-18-17(19)11-15-6-4-3-5-7-15/h8-10,15H,3-7,11-12H2,1-2H3,(H,18,19). The van der Waals surface area contributed by atoms with Crippen LogP contribution in [0.4, 0.5) is 0 Å². The molecule has 0 atom stereocenters. The van der Waals surface area contributed by atoms with E-state index in [1.54, 1.807) is 0 Å². The van der Waals surface area contributed by atoms with Crippen molar-refractivity contribution in [3.63, 3.8) is 0 Å². The van der Waals surface area contributed by atoms with Crippen LogP contribution in [0, 0.1) is 19.8 Å². The van der Waals surface area contributed by atoms with Crippen LogP contribution in [0.3, 0.4) is 0 Å². The molecule has 1 saturated carbocycles. The van der Waals surface area contributed by atoms with Gasteiger partial charge >= 0.3 is 0 Å². The number of hydrogen-bond acceptors (Lipinski definition) is 1. The van der Waals surface area contributed by atoms with E-state index in [4.69, 9.17) is 0 Å². The van der Waals surface area contributed by atoms with Crippen LogP contribution in [0.5, 0.6) is 0 Å². The van der Waals surface area contributed by atoms with E-state index in [1.807, 2.05) is 0 Å². The molecule has 0 heterocycles. The minimum atomic E-state index is 0.215. The molecular weight excluding hydrogens is 234 g/mol. The molecule has 1 aromatic rings. The monoisotopic (exact) mass is 259 g/mol. The van der Waals surface area contributed by atoms with Crippen molar-refractivity contribution in [2.45, 2.75) is 58.9 Å². The molecular formula is C17H25NO. The summed E-state index contributed by atoms with van der Waals surface area (Å²) in [6, 6.07) is 6.39. The summed E-state index contributed by atoms with van der Waals surface area (Å²) in [6.45, 7) is 4.87. The summed E-state index contributed by atoms with van der Waals surface area (Å²) < 4.78 is 0. The Bertz CT molecular complexity index is 433. The Morgan fingerprint density at radius 1 is 1.21 bits per heavy atom. The first-order valence-corrected chi connectivity index (χ1v) is 7.48. The lowest BCUT2D eigenvalue weighted by Gasteiger charge is -2.21. The van der Waals surface area contributed by atoms with E-state index < -0.39 is 0 Å². The van der Waals surface area contributed by atoms with Gasteiger partial charge in [-0.3, -0.25) is 4.79 Å². The molecule has 0 bridgehead atoms. The highest BCUT2D eigenvalue weighted by molar-refractivity contribution is 5.76. The Hall–Kier alpha value is -1.31. The highest BCUT2D eigenvalue weighted by atomic mass is 16.1. The number of carbonyl (C=O) groups excluding carboxylic acids is 1. The molecule has 2 rings (SSSR count). The molecule has 1 fully saturated rings. The van der Waals surface area contributed by atoms with E-state index >= 15 is 0 Å². The van der Waals surface area contributed by atoms with Gasteiger partial charge in [0.15, 0.2) is 0 Å². The average Bonchev–Trinajstić information content (AvgIpc) is 2.39. The van der Waals surface area contributed by atoms with Crippen molar-refractivity contribution in [2.24, 2.45) is 5.92 Å². The molecule has 1 N–H and O–H groups in total. The lowest BCUT2D eigenvalue weighted by molar-refractivity contribution is -0.122. The minimum Gasteiger partial charge on any atom is -0.352 e. The van der Waals surface area contributed by atoms with Crippen LogP contribution < -0.4 is 5.32 Å². The van der Waals surface area contributed by atoms with Crippen molar-refractivity contribution < 1.29 is 4.79 Å². The van der Waals surface area contributed by atoms with Gasteiger partial charge in [-0.15, -0.1) is 0 Å². The fourth-order valence-corrected chi connectivity index (χ4v) is 2.96. The molecule has 0 spiro atoms. The summed E-state index contributed by atoms with van der Waals surface area (Å²) >= 11 is 0. The van der Waals surface area contributed by atoms with Crippen LogP contribution in [0.25, 0.3) is 0 Å². The van der Waals surface area contributed by atoms with Crippen LogP contribution in [0.15, 0.2) is 18.2 Å². The second kappa shape index (κ2) is 6.74. The zero-order valence-electron chi connectivity index (χ0n) is 12.2. The van der Waals surface area contributed by atoms with Crippen LogP contribution >= 0.6 is 0 Å². The number of amides is 1. The summed E-state index contributed by atoms with van der Waals surface area (Å²) in [5.41, 5.74) is 3.76. The van der Waals surface area contributed by atoms with Crippen molar-refractivity contribution in [1.29, 1.82) is 0 Å². The molecule has 0 aromatic heterocycles. The van der Waals surface area contributed by atoms with Crippen molar-refractivity contribution >= 4 is 5.91 Å². The number of benzene rings is 1. The van der Waals surface area contributed by atoms with Gasteiger partial charge in [0, 0.05) is 13.0 Å². The fourth-order valence-electron chi connectivity index (χ4n) is 2.96. The van der Waals surface area contributed by atoms with Gasteiger partial charge in [-0.2, -0.15) is 0 Å². The molecule has 2 nitrogen and oxygen atoms in total. The quantitative estimate of drug-likeness (QED) is 0.873. The Balaban J connectivity index is 1.79. The van der Waals surface area contributed by atoms with Gasteiger partial charge in [-0.1, -0.05) is 43.0 Å². The normalized spacial score (nSPS) is 16.3. The zero-order chi connectivity index (χ0) is 13.7. The molecule has 0 radical (unpaired) electrons. The third-order valence-corrected chi connectivity index (χ3v) is 4.17. The number of carbonyl (C=O) groups is 1. The first kappa shape index (κ1) is 14.1. The predicted octanol–water partition coefficient (Wildman–Crippen LogP) is 3.89. The average molecular weight is 259 g/mol. The number of rotatable bonds is 4. The second-order valence-corrected chi connectivity index (χ2v) is 5.91. The molecule has 19 heavy (non-hydrogen) atoms. The summed E-state index contributed by atoms with van der Waals surface area (Å²) in [4.78, 5) is 12.0. The first-order chi connectivity index (χ1) is 9.15. The maximum Gasteiger partial charge on any atom is 0.220 e. The first-order valence-electron chi connectivity index (χ1n) is 7.48. The summed E-state index contributed by atoms with van der Waals surface area (Å²) in [7, 11) is 0. The third kappa shape index (κ3) is 4.38. The summed E-state index contributed by atoms with van der Waals surface area (Å²) in [6.07, 6.45) is 7.13. The molecule has 1 amide bonds. The van der Waals surface area contributed by atoms with E-state index in [0.717, 1.165) is 0 Å². The smallest absolute Gasteiger partial charge is 0.220 e. The molecule has 2 heteroatoms. The molecule has 1 aliphatic carbocycles. The zero-order valence-corrected chi connectivity index (χ0v) is 12.2. The number of aryl methyl sites for hydroxylation is 2. The maximum atomic E-state index is 12.0. The van der Waals surface area contributed by atoms with E-state index in [-0.39, 0.29) is 5.91 Å². The molecule has 1 aromatic carbocycles. The molecule has 104 valence electrons. The highest BCUT2D eigenvalue weighted by Gasteiger charge is 2.16. The Kier molecular flexibility index (Phi) is 5.00. The topological polar surface area (TPSA) is 29.1 Å². The lowest BCUT2D eigenvalue weighted by Crippen LogP contribution is -2.26. The van der Waals surface area contributed by atoms with Gasteiger partial charge in [0.2, 0.25) is 5.91 Å². The van der Waals surface area contributed by atoms with Gasteiger partial charge in [0.1, 0.15) is 0 Å². The molecule has 0 aliphatic heterocycles. The lowest BCUT2D eigenvalue weighted by atomic mass is 9.87. The van der Waals surface area contributed by atoms with Gasteiger partial charge < -0.3 is 5.32 Å². The summed E-state index contributed by atoms with van der Waals surface area (Å²) in [5.74, 6) is 0.833. The molecule has 1 aliphatic rings. The fraction of sp³-hybridized carbons (Fsp3) is 0.588. The SMILES string of the molecule is Cc1ccc(CNC(=O)CC2CCCCC2)c(C)c1. The maximum absolute atomic E-state index is 12.0. The van der Waals surface area contributed by atoms with Gasteiger partial charge in [-0.25, -0.2) is 0 Å².